The van der Waals surface area contributed by atoms with Crippen LogP contribution in [0.15, 0.2) is 60.8 Å². The second kappa shape index (κ2) is 8.41. The summed E-state index contributed by atoms with van der Waals surface area (Å²) < 4.78 is 43.8. The van der Waals surface area contributed by atoms with Gasteiger partial charge in [0.05, 0.1) is 39.1 Å². The Bertz CT molecular complexity index is 1550. The van der Waals surface area contributed by atoms with E-state index in [0.717, 1.165) is 15.8 Å². The van der Waals surface area contributed by atoms with E-state index in [0.29, 0.717) is 28.6 Å². The number of carbonyl (C=O) groups is 1. The number of carbonyl (C=O) groups excluding carboxylic acids is 1. The second-order valence-corrected chi connectivity index (χ2v) is 12.5. The highest BCUT2D eigenvalue weighted by atomic mass is 35.5. The molecule has 2 atom stereocenters. The van der Waals surface area contributed by atoms with Crippen LogP contribution in [0.5, 0.6) is 0 Å². The minimum absolute atomic E-state index is 0.0546. The molecule has 180 valence electrons. The zero-order chi connectivity index (χ0) is 24.3. The third-order valence-corrected chi connectivity index (χ3v) is 9.67. The second-order valence-electron chi connectivity index (χ2n) is 8.80. The number of sulfonamides is 1. The van der Waals surface area contributed by atoms with Crippen molar-refractivity contribution in [3.63, 3.8) is 0 Å². The minimum atomic E-state index is -3.50. The molecule has 0 radical (unpaired) electrons. The Morgan fingerprint density at radius 2 is 1.80 bits per heavy atom. The molecule has 2 aromatic heterocycles. The number of rotatable bonds is 6. The molecule has 11 heteroatoms. The summed E-state index contributed by atoms with van der Waals surface area (Å²) in [5.74, 6) is -0.500. The van der Waals surface area contributed by atoms with Gasteiger partial charge in [0.1, 0.15) is 5.82 Å². The van der Waals surface area contributed by atoms with Crippen molar-refractivity contribution < 1.29 is 17.6 Å². The third-order valence-electron chi connectivity index (χ3n) is 6.39. The molecule has 1 aliphatic carbocycles. The monoisotopic (exact) mass is 530 g/mol. The van der Waals surface area contributed by atoms with Crippen molar-refractivity contribution in [1.82, 2.24) is 14.5 Å². The molecule has 2 unspecified atom stereocenters. The molecule has 4 aromatic rings. The molecule has 0 bridgehead atoms. The van der Waals surface area contributed by atoms with Gasteiger partial charge in [0.15, 0.2) is 0 Å². The van der Waals surface area contributed by atoms with E-state index in [9.17, 15) is 17.6 Å². The largest absolute Gasteiger partial charge is 0.302 e. The van der Waals surface area contributed by atoms with Crippen LogP contribution < -0.4 is 9.62 Å². The van der Waals surface area contributed by atoms with E-state index in [1.807, 2.05) is 24.3 Å². The van der Waals surface area contributed by atoms with Gasteiger partial charge in [-0.2, -0.15) is 5.10 Å². The molecule has 1 N–H and O–H groups in total. The normalized spacial score (nSPS) is 20.7. The summed E-state index contributed by atoms with van der Waals surface area (Å²) in [6.07, 6.45) is 3.03. The molecular formula is C24H20ClFN4O3S2. The molecule has 1 saturated heterocycles. The maximum Gasteiger partial charge on any atom is 0.229 e. The van der Waals surface area contributed by atoms with Gasteiger partial charge in [-0.15, -0.1) is 11.3 Å². The van der Waals surface area contributed by atoms with Crippen LogP contribution in [-0.2, 0) is 14.8 Å². The third kappa shape index (κ3) is 4.14. The number of nitrogens with zero attached hydrogens (tertiary/aromatic N) is 3. The Morgan fingerprint density at radius 1 is 1.06 bits per heavy atom. The van der Waals surface area contributed by atoms with Crippen molar-refractivity contribution in [3.8, 4) is 5.69 Å². The molecule has 2 aliphatic rings. The van der Waals surface area contributed by atoms with Gasteiger partial charge in [0.2, 0.25) is 15.9 Å². The average molecular weight is 531 g/mol. The van der Waals surface area contributed by atoms with Crippen LogP contribution in [0.3, 0.4) is 0 Å². The zero-order valence-corrected chi connectivity index (χ0v) is 20.7. The van der Waals surface area contributed by atoms with Gasteiger partial charge in [-0.05, 0) is 67.4 Å². The number of hydrogen-bond donors (Lipinski definition) is 1. The number of nitrogens with one attached hydrogen (secondary N) is 1. The van der Waals surface area contributed by atoms with Crippen LogP contribution in [0.2, 0.25) is 4.34 Å². The Balaban J connectivity index is 1.39. The smallest absolute Gasteiger partial charge is 0.229 e. The predicted octanol–water partition coefficient (Wildman–Crippen LogP) is 4.81. The molecule has 2 fully saturated rings. The van der Waals surface area contributed by atoms with E-state index < -0.39 is 22.1 Å². The molecule has 1 amide bonds. The van der Waals surface area contributed by atoms with Crippen molar-refractivity contribution in [2.24, 2.45) is 0 Å². The number of anilines is 1. The highest BCUT2D eigenvalue weighted by Gasteiger charge is 2.46. The van der Waals surface area contributed by atoms with Gasteiger partial charge in [-0.25, -0.2) is 22.2 Å². The fraction of sp³-hybridized carbons (Fsp3) is 0.250. The van der Waals surface area contributed by atoms with Crippen molar-refractivity contribution >= 4 is 55.5 Å². The molecular weight excluding hydrogens is 511 g/mol. The SMILES string of the molecule is O=C1CC(NS(=O)(=O)C2CC2)C(c2ccc(Cl)s2)N1c1ccc2c(cnn2-c2ccc(F)cc2)c1. The quantitative estimate of drug-likeness (QED) is 0.388. The summed E-state index contributed by atoms with van der Waals surface area (Å²) in [5.41, 5.74) is 2.16. The Morgan fingerprint density at radius 3 is 2.49 bits per heavy atom. The summed E-state index contributed by atoms with van der Waals surface area (Å²) in [6, 6.07) is 14.1. The average Bonchev–Trinajstić information content (AvgIpc) is 3.38. The zero-order valence-electron chi connectivity index (χ0n) is 18.3. The number of amides is 1. The first-order chi connectivity index (χ1) is 16.8. The topological polar surface area (TPSA) is 84.3 Å². The van der Waals surface area contributed by atoms with E-state index in [4.69, 9.17) is 11.6 Å². The highest BCUT2D eigenvalue weighted by Crippen LogP contribution is 2.42. The molecule has 6 rings (SSSR count). The Labute approximate surface area is 210 Å². The molecule has 1 aliphatic heterocycles. The number of fused-ring (bicyclic) bond motifs is 1. The van der Waals surface area contributed by atoms with Gasteiger partial charge >= 0.3 is 0 Å². The number of benzene rings is 2. The van der Waals surface area contributed by atoms with E-state index in [2.05, 4.69) is 9.82 Å². The van der Waals surface area contributed by atoms with Gasteiger partial charge in [0.25, 0.3) is 0 Å². The van der Waals surface area contributed by atoms with Crippen molar-refractivity contribution in [1.29, 1.82) is 0 Å². The van der Waals surface area contributed by atoms with Gasteiger partial charge in [-0.3, -0.25) is 4.79 Å². The van der Waals surface area contributed by atoms with Crippen molar-refractivity contribution in [3.05, 3.63) is 75.8 Å². The lowest BCUT2D eigenvalue weighted by Crippen LogP contribution is -2.41. The summed E-state index contributed by atoms with van der Waals surface area (Å²) in [7, 11) is -3.50. The molecule has 0 spiro atoms. The fourth-order valence-electron chi connectivity index (χ4n) is 4.60. The molecule has 1 saturated carbocycles. The van der Waals surface area contributed by atoms with Gasteiger partial charge in [0, 0.05) is 22.4 Å². The molecule has 35 heavy (non-hydrogen) atoms. The first-order valence-electron chi connectivity index (χ1n) is 11.1. The van der Waals surface area contributed by atoms with Crippen LogP contribution in [0.1, 0.15) is 30.2 Å². The van der Waals surface area contributed by atoms with Crippen molar-refractivity contribution in [2.45, 2.75) is 36.6 Å². The lowest BCUT2D eigenvalue weighted by molar-refractivity contribution is -0.117. The Hall–Kier alpha value is -2.79. The molecule has 2 aromatic carbocycles. The maximum absolute atomic E-state index is 13.3. The van der Waals surface area contributed by atoms with E-state index in [1.165, 1.54) is 23.5 Å². The maximum atomic E-state index is 13.3. The number of thiophene rings is 1. The lowest BCUT2D eigenvalue weighted by Gasteiger charge is -2.28. The first-order valence-corrected chi connectivity index (χ1v) is 13.9. The number of halogens is 2. The van der Waals surface area contributed by atoms with Crippen LogP contribution in [0.4, 0.5) is 10.1 Å². The van der Waals surface area contributed by atoms with E-state index in [1.54, 1.807) is 34.0 Å². The highest BCUT2D eigenvalue weighted by molar-refractivity contribution is 7.90. The molecule has 7 nitrogen and oxygen atoms in total. The summed E-state index contributed by atoms with van der Waals surface area (Å²) in [4.78, 5) is 15.7. The predicted molar refractivity (Wildman–Crippen MR) is 134 cm³/mol. The Kier molecular flexibility index (Phi) is 5.44. The van der Waals surface area contributed by atoms with Gasteiger partial charge < -0.3 is 4.90 Å². The summed E-state index contributed by atoms with van der Waals surface area (Å²) >= 11 is 7.54. The van der Waals surface area contributed by atoms with E-state index in [-0.39, 0.29) is 23.4 Å². The van der Waals surface area contributed by atoms with Crippen LogP contribution in [-0.4, -0.2) is 35.4 Å². The number of hydrogen-bond acceptors (Lipinski definition) is 5. The first kappa shape index (κ1) is 22.7. The standard InChI is InChI=1S/C24H20ClFN4O3S2/c25-22-10-9-21(34-22)24-19(28-35(32,33)18-6-7-18)12-23(31)29(24)17-5-8-20-14(11-17)13-27-30(20)16-3-1-15(26)2-4-16/h1-5,8-11,13,18-19,24,28H,6-7,12H2. The number of aromatic nitrogens is 2. The van der Waals surface area contributed by atoms with Crippen molar-refractivity contribution in [2.75, 3.05) is 4.90 Å². The summed E-state index contributed by atoms with van der Waals surface area (Å²) in [6.45, 7) is 0. The lowest BCUT2D eigenvalue weighted by atomic mass is 10.1. The summed E-state index contributed by atoms with van der Waals surface area (Å²) in [5, 5.41) is 4.85. The van der Waals surface area contributed by atoms with E-state index >= 15 is 0 Å². The minimum Gasteiger partial charge on any atom is -0.302 e. The van der Waals surface area contributed by atoms with Crippen LogP contribution >= 0.6 is 22.9 Å². The van der Waals surface area contributed by atoms with Crippen LogP contribution in [0, 0.1) is 5.82 Å². The van der Waals surface area contributed by atoms with Gasteiger partial charge in [-0.1, -0.05) is 11.6 Å². The van der Waals surface area contributed by atoms with Crippen LogP contribution in [0.25, 0.3) is 16.6 Å². The fourth-order valence-corrected chi connectivity index (χ4v) is 7.40. The molecule has 3 heterocycles.